The van der Waals surface area contributed by atoms with E-state index in [0.717, 1.165) is 24.3 Å². The van der Waals surface area contributed by atoms with Crippen LogP contribution in [-0.2, 0) is 13.0 Å². The van der Waals surface area contributed by atoms with E-state index in [1.54, 1.807) is 12.3 Å². The van der Waals surface area contributed by atoms with Crippen molar-refractivity contribution in [2.45, 2.75) is 13.0 Å². The molecule has 4 heteroatoms. The van der Waals surface area contributed by atoms with E-state index in [2.05, 4.69) is 5.32 Å². The summed E-state index contributed by atoms with van der Waals surface area (Å²) in [4.78, 5) is 0. The average molecular weight is 254 g/mol. The van der Waals surface area contributed by atoms with Gasteiger partial charge in [0.15, 0.2) is 0 Å². The van der Waals surface area contributed by atoms with Crippen LogP contribution in [0.3, 0.4) is 0 Å². The molecule has 90 valence electrons. The van der Waals surface area contributed by atoms with Crippen LogP contribution >= 0.6 is 11.6 Å². The molecule has 0 radical (unpaired) electrons. The maximum absolute atomic E-state index is 13.0. The highest BCUT2D eigenvalue weighted by molar-refractivity contribution is 6.31. The number of benzene rings is 1. The first-order valence-electron chi connectivity index (χ1n) is 5.43. The van der Waals surface area contributed by atoms with Crippen molar-refractivity contribution in [3.8, 4) is 0 Å². The standard InChI is InChI=1S/C13H13ClFNO/c14-13-4-3-11(15)8-10(13)9-16-6-5-12-2-1-7-17-12/h1-4,7-8,16H,5-6,9H2. The van der Waals surface area contributed by atoms with Gasteiger partial charge in [0.05, 0.1) is 6.26 Å². The Kier molecular flexibility index (Phi) is 4.18. The zero-order valence-electron chi connectivity index (χ0n) is 9.25. The van der Waals surface area contributed by atoms with Crippen molar-refractivity contribution < 1.29 is 8.81 Å². The molecule has 0 unspecified atom stereocenters. The first-order valence-corrected chi connectivity index (χ1v) is 5.80. The minimum absolute atomic E-state index is 0.266. The number of nitrogens with one attached hydrogen (secondary N) is 1. The molecule has 0 saturated carbocycles. The summed E-state index contributed by atoms with van der Waals surface area (Å²) in [6.07, 6.45) is 2.46. The molecule has 0 fully saturated rings. The van der Waals surface area contributed by atoms with Crippen molar-refractivity contribution in [3.63, 3.8) is 0 Å². The van der Waals surface area contributed by atoms with E-state index < -0.39 is 0 Å². The number of halogens is 2. The molecule has 0 spiro atoms. The van der Waals surface area contributed by atoms with Crippen LogP contribution < -0.4 is 5.32 Å². The molecule has 0 amide bonds. The molecule has 0 aliphatic carbocycles. The van der Waals surface area contributed by atoms with Gasteiger partial charge in [-0.2, -0.15) is 0 Å². The molecule has 1 aromatic heterocycles. The fourth-order valence-electron chi connectivity index (χ4n) is 1.57. The fourth-order valence-corrected chi connectivity index (χ4v) is 1.75. The Morgan fingerprint density at radius 1 is 1.29 bits per heavy atom. The summed E-state index contributed by atoms with van der Waals surface area (Å²) in [6, 6.07) is 8.16. The second-order valence-corrected chi connectivity index (χ2v) is 4.15. The monoisotopic (exact) mass is 253 g/mol. The maximum atomic E-state index is 13.0. The Morgan fingerprint density at radius 2 is 2.18 bits per heavy atom. The topological polar surface area (TPSA) is 25.2 Å². The number of rotatable bonds is 5. The van der Waals surface area contributed by atoms with Gasteiger partial charge in [-0.1, -0.05) is 11.6 Å². The van der Waals surface area contributed by atoms with Crippen LogP contribution in [0.1, 0.15) is 11.3 Å². The van der Waals surface area contributed by atoms with E-state index in [1.807, 2.05) is 12.1 Å². The lowest BCUT2D eigenvalue weighted by molar-refractivity contribution is 0.498. The first-order chi connectivity index (χ1) is 8.25. The summed E-state index contributed by atoms with van der Waals surface area (Å²) in [5.74, 6) is 0.667. The molecule has 2 rings (SSSR count). The fraction of sp³-hybridized carbons (Fsp3) is 0.231. The van der Waals surface area contributed by atoms with Crippen LogP contribution in [0.15, 0.2) is 41.0 Å². The summed E-state index contributed by atoms with van der Waals surface area (Å²) in [7, 11) is 0. The number of hydrogen-bond donors (Lipinski definition) is 1. The molecule has 0 atom stereocenters. The van der Waals surface area contributed by atoms with E-state index in [1.165, 1.54) is 12.1 Å². The average Bonchev–Trinajstić information content (AvgIpc) is 2.82. The predicted octanol–water partition coefficient (Wildman–Crippen LogP) is 3.40. The van der Waals surface area contributed by atoms with Crippen LogP contribution in [0.2, 0.25) is 5.02 Å². The van der Waals surface area contributed by atoms with Gasteiger partial charge in [0, 0.05) is 24.5 Å². The lowest BCUT2D eigenvalue weighted by atomic mass is 10.2. The van der Waals surface area contributed by atoms with Gasteiger partial charge in [-0.15, -0.1) is 0 Å². The van der Waals surface area contributed by atoms with Crippen molar-refractivity contribution >= 4 is 11.6 Å². The van der Waals surface area contributed by atoms with Gasteiger partial charge < -0.3 is 9.73 Å². The first kappa shape index (κ1) is 12.1. The molecular weight excluding hydrogens is 241 g/mol. The van der Waals surface area contributed by atoms with E-state index in [0.29, 0.717) is 11.6 Å². The Labute approximate surface area is 104 Å². The normalized spacial score (nSPS) is 10.7. The molecule has 2 nitrogen and oxygen atoms in total. The van der Waals surface area contributed by atoms with Crippen molar-refractivity contribution in [1.82, 2.24) is 5.32 Å². The summed E-state index contributed by atoms with van der Waals surface area (Å²) in [5, 5.41) is 3.78. The van der Waals surface area contributed by atoms with Crippen LogP contribution in [0.4, 0.5) is 4.39 Å². The summed E-state index contributed by atoms with van der Waals surface area (Å²) in [5.41, 5.74) is 0.770. The van der Waals surface area contributed by atoms with Crippen molar-refractivity contribution in [1.29, 1.82) is 0 Å². The Hall–Kier alpha value is -1.32. The lowest BCUT2D eigenvalue weighted by Gasteiger charge is -2.06. The molecule has 1 heterocycles. The molecular formula is C13H13ClFNO. The van der Waals surface area contributed by atoms with E-state index in [4.69, 9.17) is 16.0 Å². The van der Waals surface area contributed by atoms with Crippen LogP contribution in [-0.4, -0.2) is 6.54 Å². The van der Waals surface area contributed by atoms with E-state index in [-0.39, 0.29) is 5.82 Å². The highest BCUT2D eigenvalue weighted by Gasteiger charge is 2.02. The van der Waals surface area contributed by atoms with Crippen molar-refractivity contribution in [2.24, 2.45) is 0 Å². The van der Waals surface area contributed by atoms with Crippen LogP contribution in [0, 0.1) is 5.82 Å². The predicted molar refractivity (Wildman–Crippen MR) is 65.5 cm³/mol. The van der Waals surface area contributed by atoms with Crippen molar-refractivity contribution in [2.75, 3.05) is 6.54 Å². The summed E-state index contributed by atoms with van der Waals surface area (Å²) < 4.78 is 18.2. The Bertz CT molecular complexity index is 470. The summed E-state index contributed by atoms with van der Waals surface area (Å²) >= 11 is 5.95. The minimum atomic E-state index is -0.266. The largest absolute Gasteiger partial charge is 0.469 e. The van der Waals surface area contributed by atoms with Gasteiger partial charge in [-0.05, 0) is 35.9 Å². The van der Waals surface area contributed by atoms with Gasteiger partial charge in [0.25, 0.3) is 0 Å². The third-order valence-corrected chi connectivity index (χ3v) is 2.82. The third kappa shape index (κ3) is 3.58. The zero-order valence-corrected chi connectivity index (χ0v) is 10.0. The molecule has 0 aliphatic rings. The van der Waals surface area contributed by atoms with Gasteiger partial charge >= 0.3 is 0 Å². The maximum Gasteiger partial charge on any atom is 0.123 e. The van der Waals surface area contributed by atoms with Crippen LogP contribution in [0.25, 0.3) is 0 Å². The van der Waals surface area contributed by atoms with Crippen molar-refractivity contribution in [3.05, 3.63) is 58.8 Å². The van der Waals surface area contributed by atoms with Crippen LogP contribution in [0.5, 0.6) is 0 Å². The molecule has 0 bridgehead atoms. The molecule has 0 saturated heterocycles. The highest BCUT2D eigenvalue weighted by Crippen LogP contribution is 2.16. The Morgan fingerprint density at radius 3 is 2.94 bits per heavy atom. The van der Waals surface area contributed by atoms with E-state index >= 15 is 0 Å². The Balaban J connectivity index is 1.80. The smallest absolute Gasteiger partial charge is 0.123 e. The zero-order chi connectivity index (χ0) is 12.1. The quantitative estimate of drug-likeness (QED) is 0.827. The molecule has 17 heavy (non-hydrogen) atoms. The highest BCUT2D eigenvalue weighted by atomic mass is 35.5. The summed E-state index contributed by atoms with van der Waals surface area (Å²) in [6.45, 7) is 1.32. The second kappa shape index (κ2) is 5.84. The van der Waals surface area contributed by atoms with E-state index in [9.17, 15) is 4.39 Å². The second-order valence-electron chi connectivity index (χ2n) is 3.74. The number of hydrogen-bond acceptors (Lipinski definition) is 2. The van der Waals surface area contributed by atoms with Gasteiger partial charge in [0.2, 0.25) is 0 Å². The number of furan rings is 1. The van der Waals surface area contributed by atoms with Gasteiger partial charge in [-0.3, -0.25) is 0 Å². The van der Waals surface area contributed by atoms with Gasteiger partial charge in [0.1, 0.15) is 11.6 Å². The molecule has 0 aliphatic heterocycles. The molecule has 1 aromatic carbocycles. The van der Waals surface area contributed by atoms with Gasteiger partial charge in [-0.25, -0.2) is 4.39 Å². The lowest BCUT2D eigenvalue weighted by Crippen LogP contribution is -2.16. The minimum Gasteiger partial charge on any atom is -0.469 e. The molecule has 2 aromatic rings. The third-order valence-electron chi connectivity index (χ3n) is 2.45. The molecule has 1 N–H and O–H groups in total. The SMILES string of the molecule is Fc1ccc(Cl)c(CNCCc2ccco2)c1.